The molecule has 1 rings (SSSR count). The zero-order chi connectivity index (χ0) is 12.5. The van der Waals surface area contributed by atoms with Crippen molar-refractivity contribution in [2.75, 3.05) is 20.3 Å². The minimum atomic E-state index is 0.292. The number of hydrogen-bond acceptors (Lipinski definition) is 3. The number of hydrogen-bond donors (Lipinski definition) is 2. The highest BCUT2D eigenvalue weighted by Crippen LogP contribution is 2.24. The van der Waals surface area contributed by atoms with Crippen molar-refractivity contribution in [2.45, 2.75) is 32.2 Å². The van der Waals surface area contributed by atoms with E-state index in [-0.39, 0.29) is 0 Å². The van der Waals surface area contributed by atoms with Gasteiger partial charge in [0, 0.05) is 18.2 Å². The molecule has 0 saturated heterocycles. The molecule has 0 aliphatic rings. The van der Waals surface area contributed by atoms with E-state index >= 15 is 0 Å². The predicted octanol–water partition coefficient (Wildman–Crippen LogP) is 2.51. The Morgan fingerprint density at radius 1 is 1.24 bits per heavy atom. The second-order valence-electron chi connectivity index (χ2n) is 4.20. The van der Waals surface area contributed by atoms with E-state index in [2.05, 4.69) is 18.3 Å². The molecule has 96 valence electrons. The third kappa shape index (κ3) is 4.75. The van der Waals surface area contributed by atoms with Gasteiger partial charge in [0.05, 0.1) is 7.11 Å². The molecule has 1 aromatic carbocycles. The lowest BCUT2D eigenvalue weighted by atomic mass is 10.1. The van der Waals surface area contributed by atoms with Crippen molar-refractivity contribution in [2.24, 2.45) is 0 Å². The molecule has 0 saturated carbocycles. The molecule has 0 heterocycles. The van der Waals surface area contributed by atoms with Crippen LogP contribution in [0.1, 0.15) is 37.8 Å². The number of unbranched alkanes of at least 4 members (excludes halogenated alkanes) is 2. The van der Waals surface area contributed by atoms with E-state index in [4.69, 9.17) is 9.84 Å². The Balaban J connectivity index is 2.38. The standard InChI is InChI=1S/C14H23NO2/c1-12(15-10-6-3-7-11-16)13-8-4-5-9-14(13)17-2/h4-5,8-9,12,15-16H,3,6-7,10-11H2,1-2H3. The average molecular weight is 237 g/mol. The molecule has 0 spiro atoms. The number of aliphatic hydroxyl groups is 1. The highest BCUT2D eigenvalue weighted by Gasteiger charge is 2.09. The molecule has 0 aliphatic carbocycles. The van der Waals surface area contributed by atoms with Gasteiger partial charge in [-0.2, -0.15) is 0 Å². The quantitative estimate of drug-likeness (QED) is 0.683. The van der Waals surface area contributed by atoms with Crippen molar-refractivity contribution in [3.05, 3.63) is 29.8 Å². The van der Waals surface area contributed by atoms with Crippen LogP contribution in [0.3, 0.4) is 0 Å². The van der Waals surface area contributed by atoms with Crippen LogP contribution >= 0.6 is 0 Å². The normalized spacial score (nSPS) is 12.4. The molecule has 1 unspecified atom stereocenters. The van der Waals surface area contributed by atoms with Crippen LogP contribution in [0.4, 0.5) is 0 Å². The number of methoxy groups -OCH3 is 1. The van der Waals surface area contributed by atoms with Gasteiger partial charge in [0.2, 0.25) is 0 Å². The Hall–Kier alpha value is -1.06. The summed E-state index contributed by atoms with van der Waals surface area (Å²) in [6, 6.07) is 8.38. The first-order valence-electron chi connectivity index (χ1n) is 6.26. The molecule has 1 atom stereocenters. The van der Waals surface area contributed by atoms with Gasteiger partial charge in [0.1, 0.15) is 5.75 Å². The summed E-state index contributed by atoms with van der Waals surface area (Å²) in [5.74, 6) is 0.933. The smallest absolute Gasteiger partial charge is 0.123 e. The summed E-state index contributed by atoms with van der Waals surface area (Å²) in [6.45, 7) is 3.41. The molecule has 0 aromatic heterocycles. The van der Waals surface area contributed by atoms with Crippen molar-refractivity contribution < 1.29 is 9.84 Å². The number of benzene rings is 1. The molecule has 0 radical (unpaired) electrons. The molecule has 0 bridgehead atoms. The molecule has 0 amide bonds. The van der Waals surface area contributed by atoms with Crippen LogP contribution in [0.25, 0.3) is 0 Å². The summed E-state index contributed by atoms with van der Waals surface area (Å²) in [5.41, 5.74) is 1.19. The lowest BCUT2D eigenvalue weighted by Gasteiger charge is -2.17. The second kappa shape index (κ2) is 8.09. The van der Waals surface area contributed by atoms with Gasteiger partial charge in [-0.05, 0) is 38.8 Å². The number of ether oxygens (including phenoxy) is 1. The van der Waals surface area contributed by atoms with E-state index in [9.17, 15) is 0 Å². The van der Waals surface area contributed by atoms with Crippen LogP contribution in [-0.4, -0.2) is 25.4 Å². The van der Waals surface area contributed by atoms with Crippen molar-refractivity contribution in [3.8, 4) is 5.75 Å². The van der Waals surface area contributed by atoms with Crippen molar-refractivity contribution in [1.29, 1.82) is 0 Å². The molecular formula is C14H23NO2. The maximum Gasteiger partial charge on any atom is 0.123 e. The van der Waals surface area contributed by atoms with Gasteiger partial charge in [-0.3, -0.25) is 0 Å². The largest absolute Gasteiger partial charge is 0.496 e. The molecule has 17 heavy (non-hydrogen) atoms. The molecule has 2 N–H and O–H groups in total. The number of rotatable bonds is 8. The summed E-state index contributed by atoms with van der Waals surface area (Å²) in [6.07, 6.45) is 3.06. The van der Waals surface area contributed by atoms with Gasteiger partial charge >= 0.3 is 0 Å². The fourth-order valence-electron chi connectivity index (χ4n) is 1.87. The average Bonchev–Trinajstić information content (AvgIpc) is 2.38. The minimum absolute atomic E-state index is 0.292. The zero-order valence-electron chi connectivity index (χ0n) is 10.8. The van der Waals surface area contributed by atoms with Crippen LogP contribution < -0.4 is 10.1 Å². The van der Waals surface area contributed by atoms with Gasteiger partial charge in [-0.15, -0.1) is 0 Å². The Labute approximate surface area is 104 Å². The SMILES string of the molecule is COc1ccccc1C(C)NCCCCCO. The first kappa shape index (κ1) is 14.0. The first-order chi connectivity index (χ1) is 8.29. The highest BCUT2D eigenvalue weighted by atomic mass is 16.5. The minimum Gasteiger partial charge on any atom is -0.496 e. The maximum atomic E-state index is 8.68. The third-order valence-electron chi connectivity index (χ3n) is 2.89. The molecule has 0 fully saturated rings. The van der Waals surface area contributed by atoms with E-state index in [0.717, 1.165) is 31.6 Å². The molecule has 3 nitrogen and oxygen atoms in total. The summed E-state index contributed by atoms with van der Waals surface area (Å²) in [4.78, 5) is 0. The topological polar surface area (TPSA) is 41.5 Å². The lowest BCUT2D eigenvalue weighted by Crippen LogP contribution is -2.20. The maximum absolute atomic E-state index is 8.68. The van der Waals surface area contributed by atoms with E-state index in [1.807, 2.05) is 18.2 Å². The molecular weight excluding hydrogens is 214 g/mol. The Kier molecular flexibility index (Phi) is 6.67. The van der Waals surface area contributed by atoms with Crippen LogP contribution in [0.15, 0.2) is 24.3 Å². The van der Waals surface area contributed by atoms with Gasteiger partial charge in [-0.1, -0.05) is 18.2 Å². The van der Waals surface area contributed by atoms with Crippen LogP contribution in [0.5, 0.6) is 5.75 Å². The van der Waals surface area contributed by atoms with E-state index in [1.54, 1.807) is 7.11 Å². The molecule has 3 heteroatoms. The Morgan fingerprint density at radius 3 is 2.71 bits per heavy atom. The van der Waals surface area contributed by atoms with Gasteiger partial charge in [0.15, 0.2) is 0 Å². The van der Waals surface area contributed by atoms with E-state index < -0.39 is 0 Å². The van der Waals surface area contributed by atoms with Crippen LogP contribution in [0.2, 0.25) is 0 Å². The van der Waals surface area contributed by atoms with Crippen molar-refractivity contribution >= 4 is 0 Å². The van der Waals surface area contributed by atoms with Gasteiger partial charge in [-0.25, -0.2) is 0 Å². The van der Waals surface area contributed by atoms with Crippen LogP contribution in [-0.2, 0) is 0 Å². The van der Waals surface area contributed by atoms with Crippen molar-refractivity contribution in [3.63, 3.8) is 0 Å². The summed E-state index contributed by atoms with van der Waals surface area (Å²) >= 11 is 0. The molecule has 1 aromatic rings. The third-order valence-corrected chi connectivity index (χ3v) is 2.89. The summed E-state index contributed by atoms with van der Waals surface area (Å²) < 4.78 is 5.34. The predicted molar refractivity (Wildman–Crippen MR) is 70.3 cm³/mol. The van der Waals surface area contributed by atoms with Crippen molar-refractivity contribution in [1.82, 2.24) is 5.32 Å². The van der Waals surface area contributed by atoms with Gasteiger partial charge < -0.3 is 15.2 Å². The van der Waals surface area contributed by atoms with E-state index in [0.29, 0.717) is 12.6 Å². The zero-order valence-corrected chi connectivity index (χ0v) is 10.8. The fraction of sp³-hybridized carbons (Fsp3) is 0.571. The fourth-order valence-corrected chi connectivity index (χ4v) is 1.87. The number of para-hydroxylation sites is 1. The first-order valence-corrected chi connectivity index (χ1v) is 6.26. The Bertz CT molecular complexity index is 315. The monoisotopic (exact) mass is 237 g/mol. The number of aliphatic hydroxyl groups excluding tert-OH is 1. The summed E-state index contributed by atoms with van der Waals surface area (Å²) in [7, 11) is 1.70. The molecule has 0 aliphatic heterocycles. The lowest BCUT2D eigenvalue weighted by molar-refractivity contribution is 0.282. The number of nitrogens with one attached hydrogen (secondary N) is 1. The van der Waals surface area contributed by atoms with E-state index in [1.165, 1.54) is 5.56 Å². The second-order valence-corrected chi connectivity index (χ2v) is 4.20. The van der Waals surface area contributed by atoms with Crippen LogP contribution in [0, 0.1) is 0 Å². The summed E-state index contributed by atoms with van der Waals surface area (Å²) in [5, 5.41) is 12.2. The highest BCUT2D eigenvalue weighted by molar-refractivity contribution is 5.35. The van der Waals surface area contributed by atoms with Gasteiger partial charge in [0.25, 0.3) is 0 Å². The Morgan fingerprint density at radius 2 is 2.00 bits per heavy atom.